The highest BCUT2D eigenvalue weighted by atomic mass is 16.5. The van der Waals surface area contributed by atoms with Crippen molar-refractivity contribution in [3.05, 3.63) is 65.9 Å². The van der Waals surface area contributed by atoms with E-state index in [1.54, 1.807) is 47.9 Å². The number of aryl methyl sites for hydroxylation is 1. The number of nitrogens with one attached hydrogen (secondary N) is 1. The predicted molar refractivity (Wildman–Crippen MR) is 105 cm³/mol. The molecule has 0 aliphatic carbocycles. The van der Waals surface area contributed by atoms with Crippen molar-refractivity contribution in [3.63, 3.8) is 0 Å². The van der Waals surface area contributed by atoms with Crippen LogP contribution in [0.3, 0.4) is 0 Å². The molecule has 7 nitrogen and oxygen atoms in total. The van der Waals surface area contributed by atoms with Gasteiger partial charge in [-0.3, -0.25) is 14.3 Å². The highest BCUT2D eigenvalue weighted by Crippen LogP contribution is 2.26. The monoisotopic (exact) mass is 376 g/mol. The molecule has 4 rings (SSSR count). The Balaban J connectivity index is 1.59. The van der Waals surface area contributed by atoms with Crippen LogP contribution in [0.1, 0.15) is 20.8 Å². The maximum absolute atomic E-state index is 12.8. The Hall–Kier alpha value is -3.61. The maximum atomic E-state index is 12.8. The zero-order chi connectivity index (χ0) is 19.7. The Labute approximate surface area is 162 Å². The molecule has 0 atom stereocenters. The Kier molecular flexibility index (Phi) is 4.57. The van der Waals surface area contributed by atoms with Crippen LogP contribution in [0.5, 0.6) is 5.75 Å². The molecule has 0 saturated heterocycles. The molecule has 142 valence electrons. The molecule has 1 aromatic heterocycles. The molecule has 1 N–H and O–H groups in total. The highest BCUT2D eigenvalue weighted by Gasteiger charge is 2.22. The van der Waals surface area contributed by atoms with Gasteiger partial charge in [0.1, 0.15) is 18.1 Å². The number of carbonyl (C=O) groups is 2. The molecule has 3 aromatic rings. The van der Waals surface area contributed by atoms with Gasteiger partial charge in [0.2, 0.25) is 0 Å². The SMILES string of the molecule is CN1CCOc2ccc(NC(=O)c3cc(-c4ccccc4)nn3C)cc2C1=O. The number of hydrogen-bond donors (Lipinski definition) is 1. The van der Waals surface area contributed by atoms with E-state index >= 15 is 0 Å². The van der Waals surface area contributed by atoms with E-state index in [4.69, 9.17) is 4.74 Å². The largest absolute Gasteiger partial charge is 0.491 e. The summed E-state index contributed by atoms with van der Waals surface area (Å²) in [5.74, 6) is 0.0993. The zero-order valence-electron chi connectivity index (χ0n) is 15.7. The molecule has 0 bridgehead atoms. The minimum atomic E-state index is -0.299. The molecule has 0 radical (unpaired) electrons. The third-order valence-electron chi connectivity index (χ3n) is 4.68. The van der Waals surface area contributed by atoms with E-state index in [0.29, 0.717) is 35.8 Å². The van der Waals surface area contributed by atoms with Crippen molar-refractivity contribution in [2.75, 3.05) is 25.5 Å². The van der Waals surface area contributed by atoms with Crippen molar-refractivity contribution in [2.45, 2.75) is 0 Å². The van der Waals surface area contributed by atoms with Crippen LogP contribution in [0, 0.1) is 0 Å². The lowest BCUT2D eigenvalue weighted by Gasteiger charge is -2.13. The fourth-order valence-corrected chi connectivity index (χ4v) is 3.13. The van der Waals surface area contributed by atoms with Crippen LogP contribution in [0.2, 0.25) is 0 Å². The predicted octanol–water partition coefficient (Wildman–Crippen LogP) is 2.80. The van der Waals surface area contributed by atoms with Gasteiger partial charge in [0.25, 0.3) is 11.8 Å². The van der Waals surface area contributed by atoms with E-state index in [9.17, 15) is 9.59 Å². The van der Waals surface area contributed by atoms with Gasteiger partial charge in [-0.1, -0.05) is 30.3 Å². The number of carbonyl (C=O) groups excluding carboxylic acids is 2. The van der Waals surface area contributed by atoms with Gasteiger partial charge in [-0.2, -0.15) is 5.10 Å². The first-order chi connectivity index (χ1) is 13.5. The summed E-state index contributed by atoms with van der Waals surface area (Å²) in [5, 5.41) is 7.27. The van der Waals surface area contributed by atoms with Gasteiger partial charge in [0, 0.05) is 25.3 Å². The number of rotatable bonds is 3. The van der Waals surface area contributed by atoms with E-state index in [1.165, 1.54) is 0 Å². The number of aromatic nitrogens is 2. The van der Waals surface area contributed by atoms with Crippen molar-refractivity contribution in [1.82, 2.24) is 14.7 Å². The minimum Gasteiger partial charge on any atom is -0.491 e. The first kappa shape index (κ1) is 17.8. The molecule has 2 heterocycles. The normalized spacial score (nSPS) is 13.5. The van der Waals surface area contributed by atoms with E-state index in [-0.39, 0.29) is 11.8 Å². The Morgan fingerprint density at radius 1 is 1.11 bits per heavy atom. The summed E-state index contributed by atoms with van der Waals surface area (Å²) in [6, 6.07) is 16.5. The number of anilines is 1. The third kappa shape index (κ3) is 3.34. The van der Waals surface area contributed by atoms with Crippen molar-refractivity contribution in [1.29, 1.82) is 0 Å². The van der Waals surface area contributed by atoms with E-state index < -0.39 is 0 Å². The van der Waals surface area contributed by atoms with E-state index in [2.05, 4.69) is 10.4 Å². The second-order valence-electron chi connectivity index (χ2n) is 6.64. The number of likely N-dealkylation sites (N-methyl/N-ethyl adjacent to an activating group) is 1. The Morgan fingerprint density at radius 2 is 1.89 bits per heavy atom. The Bertz CT molecular complexity index is 1040. The van der Waals surface area contributed by atoms with Crippen molar-refractivity contribution in [2.24, 2.45) is 7.05 Å². The molecular formula is C21H20N4O3. The average Bonchev–Trinajstić information content (AvgIpc) is 3.04. The van der Waals surface area contributed by atoms with Crippen molar-refractivity contribution in [3.8, 4) is 17.0 Å². The molecule has 2 amide bonds. The van der Waals surface area contributed by atoms with Crippen LogP contribution in [0.15, 0.2) is 54.6 Å². The van der Waals surface area contributed by atoms with Gasteiger partial charge in [0.15, 0.2) is 0 Å². The Morgan fingerprint density at radius 3 is 2.68 bits per heavy atom. The molecular weight excluding hydrogens is 356 g/mol. The fraction of sp³-hybridized carbons (Fsp3) is 0.190. The number of ether oxygens (including phenoxy) is 1. The summed E-state index contributed by atoms with van der Waals surface area (Å²) in [7, 11) is 3.46. The zero-order valence-corrected chi connectivity index (χ0v) is 15.7. The third-order valence-corrected chi connectivity index (χ3v) is 4.68. The topological polar surface area (TPSA) is 76.5 Å². The summed E-state index contributed by atoms with van der Waals surface area (Å²) >= 11 is 0. The summed E-state index contributed by atoms with van der Waals surface area (Å²) in [4.78, 5) is 26.8. The van der Waals surface area contributed by atoms with Crippen LogP contribution < -0.4 is 10.1 Å². The quantitative estimate of drug-likeness (QED) is 0.763. The number of fused-ring (bicyclic) bond motifs is 1. The van der Waals surface area contributed by atoms with Crippen LogP contribution in [0.25, 0.3) is 11.3 Å². The molecule has 1 aliphatic rings. The number of amides is 2. The summed E-state index contributed by atoms with van der Waals surface area (Å²) < 4.78 is 7.16. The standard InChI is InChI=1S/C21H20N4O3/c1-24-10-11-28-19-9-8-15(12-16(19)21(24)27)22-20(26)18-13-17(23-25(18)2)14-6-4-3-5-7-14/h3-9,12-13H,10-11H2,1-2H3,(H,22,26). The molecule has 2 aromatic carbocycles. The molecule has 1 aliphatic heterocycles. The second kappa shape index (κ2) is 7.19. The van der Waals surface area contributed by atoms with Crippen molar-refractivity contribution < 1.29 is 14.3 Å². The summed E-state index contributed by atoms with van der Waals surface area (Å²) in [5.41, 5.74) is 3.05. The molecule has 0 fully saturated rings. The lowest BCUT2D eigenvalue weighted by molar-refractivity contribution is 0.0796. The van der Waals surface area contributed by atoms with Gasteiger partial charge in [-0.05, 0) is 24.3 Å². The van der Waals surface area contributed by atoms with Crippen LogP contribution in [0.4, 0.5) is 5.69 Å². The number of benzene rings is 2. The first-order valence-electron chi connectivity index (χ1n) is 8.96. The number of nitrogens with zero attached hydrogens (tertiary/aromatic N) is 3. The van der Waals surface area contributed by atoms with E-state index in [1.807, 2.05) is 30.3 Å². The van der Waals surface area contributed by atoms with Crippen LogP contribution in [-0.2, 0) is 7.05 Å². The van der Waals surface area contributed by atoms with E-state index in [0.717, 1.165) is 11.3 Å². The minimum absolute atomic E-state index is 0.129. The van der Waals surface area contributed by atoms with Crippen LogP contribution >= 0.6 is 0 Å². The van der Waals surface area contributed by atoms with Gasteiger partial charge < -0.3 is 15.0 Å². The number of hydrogen-bond acceptors (Lipinski definition) is 4. The van der Waals surface area contributed by atoms with Crippen molar-refractivity contribution >= 4 is 17.5 Å². The highest BCUT2D eigenvalue weighted by molar-refractivity contribution is 6.05. The lowest BCUT2D eigenvalue weighted by Crippen LogP contribution is -2.27. The summed E-state index contributed by atoms with van der Waals surface area (Å²) in [6.45, 7) is 0.963. The van der Waals surface area contributed by atoms with Gasteiger partial charge in [0.05, 0.1) is 17.8 Å². The molecule has 7 heteroatoms. The fourth-order valence-electron chi connectivity index (χ4n) is 3.13. The average molecular weight is 376 g/mol. The molecule has 0 saturated carbocycles. The lowest BCUT2D eigenvalue weighted by atomic mass is 10.1. The summed E-state index contributed by atoms with van der Waals surface area (Å²) in [6.07, 6.45) is 0. The first-order valence-corrected chi connectivity index (χ1v) is 8.96. The second-order valence-corrected chi connectivity index (χ2v) is 6.64. The van der Waals surface area contributed by atoms with Crippen LogP contribution in [-0.4, -0.2) is 46.7 Å². The molecule has 0 unspecified atom stereocenters. The smallest absolute Gasteiger partial charge is 0.273 e. The maximum Gasteiger partial charge on any atom is 0.273 e. The van der Waals surface area contributed by atoms with Gasteiger partial charge >= 0.3 is 0 Å². The molecule has 28 heavy (non-hydrogen) atoms. The molecule has 0 spiro atoms. The van der Waals surface area contributed by atoms with Gasteiger partial charge in [-0.15, -0.1) is 0 Å². The van der Waals surface area contributed by atoms with Gasteiger partial charge in [-0.25, -0.2) is 0 Å².